The molecule has 0 bridgehead atoms. The van der Waals surface area contributed by atoms with Crippen molar-refractivity contribution in [2.45, 2.75) is 30.3 Å². The first-order chi connectivity index (χ1) is 16.1. The number of aromatic nitrogens is 3. The highest BCUT2D eigenvalue weighted by Gasteiger charge is 2.74. The van der Waals surface area contributed by atoms with Crippen LogP contribution in [0.2, 0.25) is 0 Å². The van der Waals surface area contributed by atoms with Crippen molar-refractivity contribution in [2.75, 3.05) is 6.54 Å². The third kappa shape index (κ3) is 2.93. The van der Waals surface area contributed by atoms with E-state index in [2.05, 4.69) is 10.3 Å². The molecule has 2 aliphatic heterocycles. The lowest BCUT2D eigenvalue weighted by Crippen LogP contribution is -2.85. The number of benzene rings is 2. The Hall–Kier alpha value is -3.28. The van der Waals surface area contributed by atoms with Crippen molar-refractivity contribution in [3.05, 3.63) is 59.7 Å². The first kappa shape index (κ1) is 22.5. The van der Waals surface area contributed by atoms with Crippen LogP contribution in [0.25, 0.3) is 11.0 Å². The van der Waals surface area contributed by atoms with E-state index in [-0.39, 0.29) is 11.1 Å². The summed E-state index contributed by atoms with van der Waals surface area (Å²) in [6, 6.07) is 12.2. The van der Waals surface area contributed by atoms with Crippen molar-refractivity contribution < 1.29 is 28.8 Å². The van der Waals surface area contributed by atoms with E-state index in [1.165, 1.54) is 16.2 Å². The van der Waals surface area contributed by atoms with E-state index in [1.54, 1.807) is 38.1 Å². The molecule has 10 nitrogen and oxygen atoms in total. The molecule has 1 aromatic heterocycles. The van der Waals surface area contributed by atoms with Gasteiger partial charge in [-0.15, -0.1) is 5.10 Å². The molecule has 3 atom stereocenters. The Morgan fingerprint density at radius 1 is 1.09 bits per heavy atom. The van der Waals surface area contributed by atoms with Gasteiger partial charge in [0.2, 0.25) is 11.5 Å². The first-order valence-corrected chi connectivity index (χ1v) is 11.6. The molecule has 34 heavy (non-hydrogen) atoms. The highest BCUT2D eigenvalue weighted by molar-refractivity contribution is 7.99. The smallest absolute Gasteiger partial charge is 0.359 e. The largest absolute Gasteiger partial charge is 0.477 e. The fourth-order valence-electron chi connectivity index (χ4n) is 4.66. The summed E-state index contributed by atoms with van der Waals surface area (Å²) in [7, 11) is 0. The quantitative estimate of drug-likeness (QED) is 0.180. The van der Waals surface area contributed by atoms with Crippen molar-refractivity contribution in [3.63, 3.8) is 0 Å². The van der Waals surface area contributed by atoms with Crippen molar-refractivity contribution in [2.24, 2.45) is 0 Å². The molecular formula is C22H19ClN5O5S+. The molecule has 174 valence electrons. The summed E-state index contributed by atoms with van der Waals surface area (Å²) in [4.78, 5) is 51.2. The third-order valence-corrected chi connectivity index (χ3v) is 8.20. The Kier molecular flexibility index (Phi) is 5.04. The van der Waals surface area contributed by atoms with E-state index in [9.17, 15) is 24.3 Å². The van der Waals surface area contributed by atoms with Gasteiger partial charge in [0.15, 0.2) is 11.4 Å². The van der Waals surface area contributed by atoms with E-state index in [1.807, 2.05) is 12.1 Å². The van der Waals surface area contributed by atoms with Crippen LogP contribution in [-0.4, -0.2) is 75.5 Å². The number of quaternary nitrogens is 1. The maximum absolute atomic E-state index is 13.7. The van der Waals surface area contributed by atoms with Gasteiger partial charge in [-0.1, -0.05) is 41.1 Å². The molecule has 0 aliphatic carbocycles. The van der Waals surface area contributed by atoms with Crippen LogP contribution in [0.4, 0.5) is 0 Å². The Bertz CT molecular complexity index is 1360. The van der Waals surface area contributed by atoms with Crippen LogP contribution in [0.1, 0.15) is 34.6 Å². The molecule has 3 unspecified atom stereocenters. The average molecular weight is 501 g/mol. The molecule has 1 fully saturated rings. The van der Waals surface area contributed by atoms with Gasteiger partial charge in [0.1, 0.15) is 11.0 Å². The number of halogens is 1. The number of hydrogen-bond acceptors (Lipinski definition) is 7. The highest BCUT2D eigenvalue weighted by Crippen LogP contribution is 2.50. The molecule has 1 saturated heterocycles. The van der Waals surface area contributed by atoms with Gasteiger partial charge in [-0.2, -0.15) is 4.09 Å². The lowest BCUT2D eigenvalue weighted by atomic mass is 9.95. The molecule has 3 heterocycles. The SMILES string of the molecule is CC(C)(Sn1nnc2ccccc21)[N+]1(CC(=O)O)C(=O)C(N2C(=O)c3ccccc3C2=O)C1Cl. The van der Waals surface area contributed by atoms with Gasteiger partial charge in [0.25, 0.3) is 11.8 Å². The molecule has 0 saturated carbocycles. The van der Waals surface area contributed by atoms with Crippen LogP contribution in [-0.2, 0) is 9.59 Å². The summed E-state index contributed by atoms with van der Waals surface area (Å²) in [6.07, 6.45) is 0. The number of aliphatic carboxylic acids is 1. The van der Waals surface area contributed by atoms with Crippen molar-refractivity contribution >= 4 is 58.3 Å². The van der Waals surface area contributed by atoms with Crippen LogP contribution < -0.4 is 0 Å². The lowest BCUT2D eigenvalue weighted by molar-refractivity contribution is -0.919. The van der Waals surface area contributed by atoms with Crippen LogP contribution in [0.5, 0.6) is 0 Å². The summed E-state index contributed by atoms with van der Waals surface area (Å²) >= 11 is 7.86. The number of amides is 3. The van der Waals surface area contributed by atoms with E-state index >= 15 is 0 Å². The predicted molar refractivity (Wildman–Crippen MR) is 123 cm³/mol. The maximum Gasteiger partial charge on any atom is 0.359 e. The minimum Gasteiger partial charge on any atom is -0.477 e. The number of imide groups is 1. The number of rotatable bonds is 6. The number of alkyl halides is 1. The number of carboxylic acids is 1. The van der Waals surface area contributed by atoms with Crippen LogP contribution >= 0.6 is 23.5 Å². The number of β-lactam (4-membered cyclic amide) rings is 1. The predicted octanol–water partition coefficient (Wildman–Crippen LogP) is 2.33. The Labute approximate surface area is 202 Å². The van der Waals surface area contributed by atoms with Gasteiger partial charge in [-0.25, -0.2) is 14.1 Å². The molecule has 3 amide bonds. The van der Waals surface area contributed by atoms with Crippen molar-refractivity contribution in [3.8, 4) is 0 Å². The second-order valence-electron chi connectivity index (χ2n) is 8.59. The standard InChI is InChI=1S/C22H18ClN5O5S/c1-22(2,34-27-15-10-6-5-9-14(15)24-25-27)28(11-16(29)30)18(23)17(21(28)33)26-19(31)12-7-3-4-8-13(12)20(26)32/h3-10,17-18H,11H2,1-2H3/p+1. The molecule has 0 spiro atoms. The van der Waals surface area contributed by atoms with E-state index < -0.39 is 51.1 Å². The van der Waals surface area contributed by atoms with Gasteiger partial charge in [-0.05, 0) is 24.3 Å². The fourth-order valence-corrected chi connectivity index (χ4v) is 6.51. The number of hydrogen-bond donors (Lipinski definition) is 1. The fraction of sp³-hybridized carbons (Fsp3) is 0.273. The Balaban J connectivity index is 1.52. The lowest BCUT2D eigenvalue weighted by Gasteiger charge is -2.58. The van der Waals surface area contributed by atoms with E-state index in [0.717, 1.165) is 16.8 Å². The summed E-state index contributed by atoms with van der Waals surface area (Å²) < 4.78 is 0.824. The van der Waals surface area contributed by atoms with E-state index in [0.29, 0.717) is 11.0 Å². The number of fused-ring (bicyclic) bond motifs is 2. The number of nitrogens with zero attached hydrogens (tertiary/aromatic N) is 5. The number of para-hydroxylation sites is 1. The summed E-state index contributed by atoms with van der Waals surface area (Å²) in [6.45, 7) is 2.74. The molecule has 1 N–H and O–H groups in total. The number of carbonyl (C=O) groups excluding carboxylic acids is 3. The zero-order valence-corrected chi connectivity index (χ0v) is 19.7. The number of carbonyl (C=O) groups is 4. The third-order valence-electron chi connectivity index (χ3n) is 6.41. The van der Waals surface area contributed by atoms with Gasteiger partial charge in [0, 0.05) is 25.8 Å². The molecule has 0 radical (unpaired) electrons. The van der Waals surface area contributed by atoms with Crippen LogP contribution in [0.3, 0.4) is 0 Å². The topological polar surface area (TPSA) is 122 Å². The molecule has 2 aromatic carbocycles. The minimum absolute atomic E-state index is 0.190. The minimum atomic E-state index is -1.29. The second kappa shape index (κ2) is 7.62. The Morgan fingerprint density at radius 3 is 2.26 bits per heavy atom. The van der Waals surface area contributed by atoms with Gasteiger partial charge >= 0.3 is 11.9 Å². The zero-order valence-electron chi connectivity index (χ0n) is 18.1. The zero-order chi connectivity index (χ0) is 24.4. The normalized spacial score (nSPS) is 24.4. The van der Waals surface area contributed by atoms with Gasteiger partial charge < -0.3 is 5.11 Å². The average Bonchev–Trinajstić information content (AvgIpc) is 3.31. The van der Waals surface area contributed by atoms with Crippen molar-refractivity contribution in [1.29, 1.82) is 0 Å². The van der Waals surface area contributed by atoms with Gasteiger partial charge in [-0.3, -0.25) is 14.5 Å². The monoisotopic (exact) mass is 500 g/mol. The first-order valence-electron chi connectivity index (χ1n) is 10.3. The summed E-state index contributed by atoms with van der Waals surface area (Å²) in [5.41, 5.74) is 0.523. The highest BCUT2D eigenvalue weighted by atomic mass is 35.5. The summed E-state index contributed by atoms with van der Waals surface area (Å²) in [5, 5.41) is 17.9. The van der Waals surface area contributed by atoms with Crippen LogP contribution in [0.15, 0.2) is 48.5 Å². The van der Waals surface area contributed by atoms with Crippen molar-refractivity contribution in [1.82, 2.24) is 19.3 Å². The van der Waals surface area contributed by atoms with E-state index in [4.69, 9.17) is 11.6 Å². The summed E-state index contributed by atoms with van der Waals surface area (Å²) in [5.74, 6) is -3.10. The molecule has 2 aliphatic rings. The Morgan fingerprint density at radius 2 is 1.68 bits per heavy atom. The number of likely N-dealkylation sites (tertiary alicyclic amines) is 1. The van der Waals surface area contributed by atoms with Crippen LogP contribution in [0, 0.1) is 0 Å². The maximum atomic E-state index is 13.7. The molecule has 5 rings (SSSR count). The number of carboxylic acid groups (broad SMARTS) is 1. The molecule has 12 heteroatoms. The second-order valence-corrected chi connectivity index (χ2v) is 10.6. The molecule has 3 aromatic rings. The molecular weight excluding hydrogens is 482 g/mol. The van der Waals surface area contributed by atoms with Gasteiger partial charge in [0.05, 0.1) is 11.1 Å².